The Hall–Kier alpha value is -2.71. The number of rotatable bonds is 7. The number of hydrogen-bond acceptors (Lipinski definition) is 4. The molecule has 0 saturated carbocycles. The van der Waals surface area contributed by atoms with Crippen molar-refractivity contribution in [1.82, 2.24) is 4.90 Å². The van der Waals surface area contributed by atoms with Gasteiger partial charge in [-0.3, -0.25) is 9.69 Å². The van der Waals surface area contributed by atoms with E-state index in [2.05, 4.69) is 11.0 Å². The molecule has 1 fully saturated rings. The average molecular weight is 498 g/mol. The molecule has 1 N–H and O–H groups in total. The van der Waals surface area contributed by atoms with Crippen molar-refractivity contribution >= 4 is 24.5 Å². The summed E-state index contributed by atoms with van der Waals surface area (Å²) in [4.78, 5) is 13.1. The summed E-state index contributed by atoms with van der Waals surface area (Å²) >= 11 is 0. The Morgan fingerprint density at radius 1 is 1.24 bits per heavy atom. The first kappa shape index (κ1) is 25.9. The Morgan fingerprint density at radius 3 is 2.76 bits per heavy atom. The molecule has 1 atom stereocenters. The fourth-order valence-electron chi connectivity index (χ4n) is 4.37. The topological polar surface area (TPSA) is 59.0 Å². The van der Waals surface area contributed by atoms with E-state index in [1.807, 2.05) is 6.07 Å². The van der Waals surface area contributed by atoms with Crippen molar-refractivity contribution < 1.29 is 32.5 Å². The minimum absolute atomic E-state index is 0. The highest BCUT2D eigenvalue weighted by atomic mass is 35.5. The Bertz CT molecular complexity index is 1070. The predicted molar refractivity (Wildman–Crippen MR) is 124 cm³/mol. The van der Waals surface area contributed by atoms with Crippen molar-refractivity contribution in [1.29, 1.82) is 0 Å². The molecule has 184 valence electrons. The number of aryl methyl sites for hydroxylation is 1. The van der Waals surface area contributed by atoms with Crippen LogP contribution < -0.4 is 9.47 Å². The molecule has 0 amide bonds. The maximum absolute atomic E-state index is 13.3. The second-order valence-electron chi connectivity index (χ2n) is 8.73. The highest BCUT2D eigenvalue weighted by Crippen LogP contribution is 2.35. The Kier molecular flexibility index (Phi) is 8.15. The third kappa shape index (κ3) is 6.45. The van der Waals surface area contributed by atoms with E-state index in [-0.39, 0.29) is 36.9 Å². The maximum atomic E-state index is 13.3. The molecule has 2 aliphatic heterocycles. The van der Waals surface area contributed by atoms with E-state index in [9.17, 15) is 18.0 Å². The van der Waals surface area contributed by atoms with Gasteiger partial charge in [0.2, 0.25) is 0 Å². The first-order valence-corrected chi connectivity index (χ1v) is 10.9. The number of likely N-dealkylation sites (tertiary alicyclic amines) is 1. The van der Waals surface area contributed by atoms with E-state index in [4.69, 9.17) is 14.6 Å². The Balaban J connectivity index is 0.00000324. The zero-order valence-electron chi connectivity index (χ0n) is 18.7. The maximum Gasteiger partial charge on any atom is 0.416 e. The minimum Gasteiger partial charge on any atom is -0.489 e. The lowest BCUT2D eigenvalue weighted by molar-refractivity contribution is -0.139. The lowest BCUT2D eigenvalue weighted by Gasteiger charge is -2.23. The monoisotopic (exact) mass is 497 g/mol. The van der Waals surface area contributed by atoms with Gasteiger partial charge in [-0.15, -0.1) is 12.4 Å². The molecule has 1 unspecified atom stereocenters. The van der Waals surface area contributed by atoms with Gasteiger partial charge in [0.1, 0.15) is 24.7 Å². The molecular formula is C25H27ClF3NO4. The van der Waals surface area contributed by atoms with Crippen LogP contribution in [0.4, 0.5) is 13.2 Å². The normalized spacial score (nSPS) is 17.9. The van der Waals surface area contributed by atoms with Crippen LogP contribution in [0.1, 0.15) is 35.1 Å². The van der Waals surface area contributed by atoms with Crippen LogP contribution in [0.25, 0.3) is 6.08 Å². The SMILES string of the molecule is Cc1ccc(COc2ccc3c(c2)OCC(CN2CCC(CC(=O)O)C2)=C3)c(C(F)(F)F)c1.Cl. The average Bonchev–Trinajstić information content (AvgIpc) is 3.18. The summed E-state index contributed by atoms with van der Waals surface area (Å²) in [5, 5.41) is 8.97. The molecule has 4 rings (SSSR count). The summed E-state index contributed by atoms with van der Waals surface area (Å²) in [6.07, 6.45) is -1.30. The lowest BCUT2D eigenvalue weighted by Crippen LogP contribution is -2.26. The molecule has 2 aliphatic rings. The van der Waals surface area contributed by atoms with Gasteiger partial charge in [0.15, 0.2) is 0 Å². The van der Waals surface area contributed by atoms with Crippen LogP contribution in [0.5, 0.6) is 11.5 Å². The molecule has 1 saturated heterocycles. The first-order chi connectivity index (χ1) is 15.7. The van der Waals surface area contributed by atoms with Gasteiger partial charge in [-0.2, -0.15) is 13.2 Å². The van der Waals surface area contributed by atoms with Gasteiger partial charge in [0.05, 0.1) is 5.56 Å². The summed E-state index contributed by atoms with van der Waals surface area (Å²) in [6, 6.07) is 9.47. The molecule has 2 aromatic carbocycles. The van der Waals surface area contributed by atoms with Crippen LogP contribution >= 0.6 is 12.4 Å². The second kappa shape index (κ2) is 10.7. The van der Waals surface area contributed by atoms with Gasteiger partial charge in [0.25, 0.3) is 0 Å². The molecule has 9 heteroatoms. The van der Waals surface area contributed by atoms with Crippen LogP contribution in [0, 0.1) is 12.8 Å². The molecule has 0 spiro atoms. The number of carboxylic acids is 1. The first-order valence-electron chi connectivity index (χ1n) is 10.9. The number of benzene rings is 2. The van der Waals surface area contributed by atoms with Crippen LogP contribution in [0.3, 0.4) is 0 Å². The van der Waals surface area contributed by atoms with Gasteiger partial charge in [-0.05, 0) is 55.7 Å². The number of hydrogen-bond donors (Lipinski definition) is 1. The summed E-state index contributed by atoms with van der Waals surface area (Å²) in [5.74, 6) is 0.494. The lowest BCUT2D eigenvalue weighted by atomic mass is 10.0. The van der Waals surface area contributed by atoms with E-state index < -0.39 is 17.7 Å². The van der Waals surface area contributed by atoms with Crippen molar-refractivity contribution in [2.24, 2.45) is 5.92 Å². The largest absolute Gasteiger partial charge is 0.489 e. The standard InChI is InChI=1S/C25H26F3NO4.ClH/c1-16-2-3-20(22(8-16)25(26,27)28)15-32-21-5-4-19-9-18(14-33-23(19)11-21)13-29-7-6-17(12-29)10-24(30)31;/h2-5,8-9,11,17H,6-7,10,12-15H2,1H3,(H,30,31);1H. The van der Waals surface area contributed by atoms with Crippen LogP contribution in [-0.2, 0) is 17.6 Å². The number of alkyl halides is 3. The molecule has 0 aliphatic carbocycles. The van der Waals surface area contributed by atoms with Gasteiger partial charge in [0, 0.05) is 36.7 Å². The second-order valence-corrected chi connectivity index (χ2v) is 8.73. The highest BCUT2D eigenvalue weighted by molar-refractivity contribution is 5.85. The number of ether oxygens (including phenoxy) is 2. The van der Waals surface area contributed by atoms with Gasteiger partial charge in [-0.1, -0.05) is 17.7 Å². The molecular weight excluding hydrogens is 471 g/mol. The molecule has 2 heterocycles. The minimum atomic E-state index is -4.44. The van der Waals surface area contributed by atoms with Crippen LogP contribution in [0.2, 0.25) is 0 Å². The number of nitrogens with zero attached hydrogens (tertiary/aromatic N) is 1. The molecule has 2 aromatic rings. The van der Waals surface area contributed by atoms with Crippen molar-refractivity contribution in [3.63, 3.8) is 0 Å². The van der Waals surface area contributed by atoms with Crippen molar-refractivity contribution in [3.8, 4) is 11.5 Å². The zero-order chi connectivity index (χ0) is 23.6. The molecule has 0 aromatic heterocycles. The number of carboxylic acid groups (broad SMARTS) is 1. The van der Waals surface area contributed by atoms with Gasteiger partial charge in [-0.25, -0.2) is 0 Å². The van der Waals surface area contributed by atoms with Crippen LogP contribution in [-0.4, -0.2) is 42.2 Å². The molecule has 5 nitrogen and oxygen atoms in total. The molecule has 34 heavy (non-hydrogen) atoms. The molecule has 0 bridgehead atoms. The quantitative estimate of drug-likeness (QED) is 0.540. The van der Waals surface area contributed by atoms with Crippen molar-refractivity contribution in [3.05, 3.63) is 64.2 Å². The fourth-order valence-corrected chi connectivity index (χ4v) is 4.37. The fraction of sp³-hybridized carbons (Fsp3) is 0.400. The number of aliphatic carboxylic acids is 1. The smallest absolute Gasteiger partial charge is 0.416 e. The van der Waals surface area contributed by atoms with E-state index in [1.165, 1.54) is 6.07 Å². The van der Waals surface area contributed by atoms with Crippen LogP contribution in [0.15, 0.2) is 42.0 Å². The van der Waals surface area contributed by atoms with E-state index in [1.54, 1.807) is 25.1 Å². The Labute approximate surface area is 202 Å². The summed E-state index contributed by atoms with van der Waals surface area (Å²) in [6.45, 7) is 4.20. The summed E-state index contributed by atoms with van der Waals surface area (Å²) in [5.41, 5.74) is 1.93. The highest BCUT2D eigenvalue weighted by Gasteiger charge is 2.33. The van der Waals surface area contributed by atoms with Crippen molar-refractivity contribution in [2.75, 3.05) is 26.2 Å². The summed E-state index contributed by atoms with van der Waals surface area (Å²) < 4.78 is 51.5. The molecule has 0 radical (unpaired) electrons. The predicted octanol–water partition coefficient (Wildman–Crippen LogP) is 5.59. The van der Waals surface area contributed by atoms with Gasteiger partial charge < -0.3 is 14.6 Å². The van der Waals surface area contributed by atoms with E-state index >= 15 is 0 Å². The van der Waals surface area contributed by atoms with E-state index in [0.29, 0.717) is 23.7 Å². The number of halogens is 4. The number of fused-ring (bicyclic) bond motifs is 1. The zero-order valence-corrected chi connectivity index (χ0v) is 19.5. The van der Waals surface area contributed by atoms with Crippen molar-refractivity contribution in [2.45, 2.75) is 32.5 Å². The number of carbonyl (C=O) groups is 1. The summed E-state index contributed by atoms with van der Waals surface area (Å²) in [7, 11) is 0. The Morgan fingerprint density at radius 2 is 2.03 bits per heavy atom. The van der Waals surface area contributed by atoms with E-state index in [0.717, 1.165) is 43.3 Å². The third-order valence-electron chi connectivity index (χ3n) is 5.98. The third-order valence-corrected chi connectivity index (χ3v) is 5.98. The van der Waals surface area contributed by atoms with Gasteiger partial charge >= 0.3 is 12.1 Å².